The fourth-order valence-corrected chi connectivity index (χ4v) is 11.6. The second kappa shape index (κ2) is 14.7. The molecule has 0 aliphatic heterocycles. The van der Waals surface area contributed by atoms with Gasteiger partial charge in [0, 0.05) is 77.6 Å². The Labute approximate surface area is 398 Å². The molecule has 0 N–H and O–H groups in total. The van der Waals surface area contributed by atoms with E-state index in [9.17, 15) is 0 Å². The highest BCUT2D eigenvalue weighted by Gasteiger charge is 2.22. The number of hydrogen-bond donors (Lipinski definition) is 0. The Morgan fingerprint density at radius 1 is 0.290 bits per heavy atom. The minimum absolute atomic E-state index is 0.808. The van der Waals surface area contributed by atoms with Crippen LogP contribution in [-0.4, -0.2) is 9.97 Å². The van der Waals surface area contributed by atoms with Crippen molar-refractivity contribution >= 4 is 153 Å². The number of anilines is 6. The normalized spacial score (nSPS) is 12.1. The van der Waals surface area contributed by atoms with Crippen LogP contribution in [0.3, 0.4) is 0 Å². The zero-order valence-electron chi connectivity index (χ0n) is 36.8. The molecule has 0 atom stereocenters. The van der Waals surface area contributed by atoms with Gasteiger partial charge in [0.1, 0.15) is 34.0 Å². The molecule has 5 heterocycles. The summed E-state index contributed by atoms with van der Waals surface area (Å²) >= 11 is 1.75. The topological polar surface area (TPSA) is 58.5 Å². The van der Waals surface area contributed by atoms with E-state index in [0.717, 1.165) is 109 Å². The number of benzene rings is 10. The summed E-state index contributed by atoms with van der Waals surface area (Å²) in [5, 5.41) is 16.0. The molecule has 7 heteroatoms. The van der Waals surface area contributed by atoms with Crippen molar-refractivity contribution in [2.75, 3.05) is 9.80 Å². The number of para-hydroxylation sites is 2. The molecule has 322 valence electrons. The lowest BCUT2D eigenvalue weighted by atomic mass is 10.0. The van der Waals surface area contributed by atoms with Gasteiger partial charge in [-0.3, -0.25) is 9.80 Å². The third kappa shape index (κ3) is 6.11. The predicted molar refractivity (Wildman–Crippen MR) is 289 cm³/mol. The first-order valence-corrected chi connectivity index (χ1v) is 23.9. The molecule has 0 spiro atoms. The molecule has 15 aromatic rings. The van der Waals surface area contributed by atoms with E-state index in [1.165, 1.54) is 32.3 Å². The Hall–Kier alpha value is -9.04. The van der Waals surface area contributed by atoms with Crippen molar-refractivity contribution in [3.05, 3.63) is 219 Å². The molecular formula is C62H36N4O2S. The van der Waals surface area contributed by atoms with Gasteiger partial charge in [0.15, 0.2) is 0 Å². The molecule has 0 amide bonds. The Balaban J connectivity index is 0.887. The van der Waals surface area contributed by atoms with Crippen molar-refractivity contribution in [1.29, 1.82) is 0 Å². The van der Waals surface area contributed by atoms with Crippen molar-refractivity contribution in [3.63, 3.8) is 0 Å². The lowest BCUT2D eigenvalue weighted by molar-refractivity contribution is 0.668. The number of hydrogen-bond acceptors (Lipinski definition) is 7. The number of nitrogens with zero attached hydrogens (tertiary/aromatic N) is 4. The van der Waals surface area contributed by atoms with Crippen LogP contribution in [0, 0.1) is 0 Å². The van der Waals surface area contributed by atoms with E-state index >= 15 is 0 Å². The Bertz CT molecular complexity index is 4310. The van der Waals surface area contributed by atoms with E-state index in [1.54, 1.807) is 11.3 Å². The number of rotatable bonds is 6. The van der Waals surface area contributed by atoms with Gasteiger partial charge in [0.2, 0.25) is 0 Å². The van der Waals surface area contributed by atoms with Gasteiger partial charge in [-0.05, 0) is 140 Å². The zero-order valence-corrected chi connectivity index (χ0v) is 37.6. The molecule has 0 fully saturated rings. The van der Waals surface area contributed by atoms with Crippen LogP contribution < -0.4 is 9.80 Å². The summed E-state index contributed by atoms with van der Waals surface area (Å²) in [5.41, 5.74) is 7.32. The SMILES string of the molecule is c1ccc2cc3cc(N(c4ccc5c(c4)oc4ccccc45)c4cc5sc6cc(N(c7ccc8cc9ccccc9cc8c7)c7ccc8c(c7)oc7ccccc78)ncc6c5cn4)ccc3cc2c1. The van der Waals surface area contributed by atoms with Gasteiger partial charge in [0.25, 0.3) is 0 Å². The van der Waals surface area contributed by atoms with Gasteiger partial charge in [-0.2, -0.15) is 0 Å². The molecule has 0 saturated carbocycles. The lowest BCUT2D eigenvalue weighted by Crippen LogP contribution is -2.11. The summed E-state index contributed by atoms with van der Waals surface area (Å²) in [5.74, 6) is 1.62. The molecule has 69 heavy (non-hydrogen) atoms. The average molecular weight is 901 g/mol. The quantitative estimate of drug-likeness (QED) is 0.155. The largest absolute Gasteiger partial charge is 0.456 e. The fraction of sp³-hybridized carbons (Fsp3) is 0. The minimum atomic E-state index is 0.808. The maximum atomic E-state index is 6.45. The first kappa shape index (κ1) is 38.1. The summed E-state index contributed by atoms with van der Waals surface area (Å²) in [7, 11) is 0. The molecule has 0 aliphatic rings. The van der Waals surface area contributed by atoms with E-state index in [1.807, 2.05) is 36.7 Å². The van der Waals surface area contributed by atoms with Gasteiger partial charge in [-0.1, -0.05) is 97.1 Å². The first-order chi connectivity index (χ1) is 34.1. The summed E-state index contributed by atoms with van der Waals surface area (Å²) < 4.78 is 15.1. The molecule has 15 rings (SSSR count). The average Bonchev–Trinajstić information content (AvgIpc) is 4.08. The third-order valence-corrected chi connectivity index (χ3v) is 14.9. The summed E-state index contributed by atoms with van der Waals surface area (Å²) in [4.78, 5) is 15.0. The highest BCUT2D eigenvalue weighted by Crippen LogP contribution is 2.45. The van der Waals surface area contributed by atoms with Crippen LogP contribution in [-0.2, 0) is 0 Å². The van der Waals surface area contributed by atoms with Gasteiger partial charge < -0.3 is 8.83 Å². The number of pyridine rings is 2. The smallest absolute Gasteiger partial charge is 0.138 e. The first-order valence-electron chi connectivity index (χ1n) is 23.1. The van der Waals surface area contributed by atoms with Crippen molar-refractivity contribution < 1.29 is 8.83 Å². The van der Waals surface area contributed by atoms with Crippen molar-refractivity contribution in [2.45, 2.75) is 0 Å². The van der Waals surface area contributed by atoms with Crippen LogP contribution in [0.25, 0.3) is 107 Å². The molecule has 0 bridgehead atoms. The second-order valence-corrected chi connectivity index (χ2v) is 19.0. The number of fused-ring (bicyclic) bond motifs is 13. The Kier molecular flexibility index (Phi) is 8.13. The van der Waals surface area contributed by atoms with E-state index in [-0.39, 0.29) is 0 Å². The number of thiophene rings is 1. The predicted octanol–water partition coefficient (Wildman–Crippen LogP) is 18.2. The molecular weight excluding hydrogens is 865 g/mol. The lowest BCUT2D eigenvalue weighted by Gasteiger charge is -2.25. The van der Waals surface area contributed by atoms with Crippen LogP contribution in [0.4, 0.5) is 34.4 Å². The van der Waals surface area contributed by atoms with E-state index in [0.29, 0.717) is 0 Å². The van der Waals surface area contributed by atoms with E-state index in [4.69, 9.17) is 18.8 Å². The molecule has 6 nitrogen and oxygen atoms in total. The Morgan fingerprint density at radius 3 is 1.12 bits per heavy atom. The standard InChI is InChI=1S/C62H36N4O2S/c1-3-11-39-27-43-29-45(19-17-41(43)25-37(39)9-1)65(47-21-23-51-49-13-5-7-15-55(49)67-57(51)31-47)61-33-59-53(35-63-61)54-36-64-62(34-60(54)69-59)66(48-22-24-52-50-14-6-8-16-56(50)68-58(52)32-48)46-20-18-42-26-38-10-2-4-12-40(38)28-44(42)30-46/h1-36H. The highest BCUT2D eigenvalue weighted by atomic mass is 32.1. The van der Waals surface area contributed by atoms with Crippen molar-refractivity contribution in [2.24, 2.45) is 0 Å². The van der Waals surface area contributed by atoms with E-state index < -0.39 is 0 Å². The van der Waals surface area contributed by atoms with E-state index in [2.05, 4.69) is 192 Å². The minimum Gasteiger partial charge on any atom is -0.456 e. The second-order valence-electron chi connectivity index (χ2n) is 17.9. The summed E-state index contributed by atoms with van der Waals surface area (Å²) in [6.07, 6.45) is 4.01. The molecule has 0 aliphatic carbocycles. The monoisotopic (exact) mass is 900 g/mol. The van der Waals surface area contributed by atoms with Crippen LogP contribution in [0.15, 0.2) is 227 Å². The van der Waals surface area contributed by atoms with Crippen LogP contribution >= 0.6 is 11.3 Å². The maximum Gasteiger partial charge on any atom is 0.138 e. The van der Waals surface area contributed by atoms with Crippen molar-refractivity contribution in [1.82, 2.24) is 9.97 Å². The molecule has 5 aromatic heterocycles. The van der Waals surface area contributed by atoms with Gasteiger partial charge >= 0.3 is 0 Å². The molecule has 10 aromatic carbocycles. The molecule has 0 unspecified atom stereocenters. The third-order valence-electron chi connectivity index (χ3n) is 13.8. The molecule has 0 radical (unpaired) electrons. The van der Waals surface area contributed by atoms with Gasteiger partial charge in [0.05, 0.1) is 11.4 Å². The fourth-order valence-electron chi connectivity index (χ4n) is 10.5. The zero-order chi connectivity index (χ0) is 45.2. The van der Waals surface area contributed by atoms with Crippen LogP contribution in [0.1, 0.15) is 0 Å². The summed E-state index contributed by atoms with van der Waals surface area (Å²) in [6.45, 7) is 0. The Morgan fingerprint density at radius 2 is 0.652 bits per heavy atom. The van der Waals surface area contributed by atoms with Gasteiger partial charge in [-0.15, -0.1) is 11.3 Å². The summed E-state index contributed by atoms with van der Waals surface area (Å²) in [6, 6.07) is 73.3. The number of furan rings is 2. The van der Waals surface area contributed by atoms with Crippen LogP contribution in [0.2, 0.25) is 0 Å². The maximum absolute atomic E-state index is 6.45. The molecule has 0 saturated heterocycles. The number of aromatic nitrogens is 2. The van der Waals surface area contributed by atoms with Gasteiger partial charge in [-0.25, -0.2) is 9.97 Å². The van der Waals surface area contributed by atoms with Crippen molar-refractivity contribution in [3.8, 4) is 0 Å². The van der Waals surface area contributed by atoms with Crippen LogP contribution in [0.5, 0.6) is 0 Å². The highest BCUT2D eigenvalue weighted by molar-refractivity contribution is 7.25.